The number of hydrogen-bond acceptors (Lipinski definition) is 3. The Labute approximate surface area is 159 Å². The fourth-order valence-corrected chi connectivity index (χ4v) is 8.15. The van der Waals surface area contributed by atoms with Crippen LogP contribution in [0.5, 0.6) is 0 Å². The van der Waals surface area contributed by atoms with Crippen LogP contribution in [0.15, 0.2) is 0 Å². The van der Waals surface area contributed by atoms with Gasteiger partial charge in [0.1, 0.15) is 0 Å². The smallest absolute Gasteiger partial charge is 0.223 e. The first-order valence-corrected chi connectivity index (χ1v) is 10.7. The van der Waals surface area contributed by atoms with Crippen molar-refractivity contribution in [2.75, 3.05) is 19.8 Å². The molecule has 0 aromatic heterocycles. The summed E-state index contributed by atoms with van der Waals surface area (Å²) in [5.41, 5.74) is 0.209. The molecule has 1 heterocycles. The summed E-state index contributed by atoms with van der Waals surface area (Å²) in [6.07, 6.45) is 10.6. The lowest BCUT2D eigenvalue weighted by molar-refractivity contribution is -0.142. The molecule has 5 aliphatic rings. The zero-order valence-electron chi connectivity index (χ0n) is 15.0. The first kappa shape index (κ1) is 17.8. The summed E-state index contributed by atoms with van der Waals surface area (Å²) in [6, 6.07) is 2.49. The van der Waals surface area contributed by atoms with E-state index in [4.69, 9.17) is 10.00 Å². The monoisotopic (exact) mass is 408 g/mol. The topological polar surface area (TPSA) is 53.3 Å². The molecule has 1 amide bonds. The van der Waals surface area contributed by atoms with Crippen LogP contribution in [0.2, 0.25) is 0 Å². The fourth-order valence-electron chi connectivity index (χ4n) is 6.64. The lowest BCUT2D eigenvalue weighted by Gasteiger charge is -2.60. The van der Waals surface area contributed by atoms with E-state index in [9.17, 15) is 4.79 Å². The molecular formula is C20H29BrN2O2. The van der Waals surface area contributed by atoms with Gasteiger partial charge in [0, 0.05) is 36.5 Å². The Kier molecular flexibility index (Phi) is 4.88. The zero-order valence-corrected chi connectivity index (χ0v) is 16.6. The molecule has 0 aromatic rings. The molecule has 25 heavy (non-hydrogen) atoms. The molecular weight excluding hydrogens is 380 g/mol. The molecule has 0 aromatic carbocycles. The van der Waals surface area contributed by atoms with Gasteiger partial charge in [-0.2, -0.15) is 5.26 Å². The van der Waals surface area contributed by atoms with E-state index in [0.717, 1.165) is 37.9 Å². The van der Waals surface area contributed by atoms with Crippen LogP contribution in [-0.4, -0.2) is 40.9 Å². The summed E-state index contributed by atoms with van der Waals surface area (Å²) in [5, 5.41) is 9.01. The highest BCUT2D eigenvalue weighted by Crippen LogP contribution is 2.65. The predicted molar refractivity (Wildman–Crippen MR) is 99.2 cm³/mol. The molecule has 2 unspecified atom stereocenters. The summed E-state index contributed by atoms with van der Waals surface area (Å²) in [5.74, 6) is 1.91. The number of rotatable bonds is 5. The number of nitrogens with zero attached hydrogens (tertiary/aromatic N) is 2. The van der Waals surface area contributed by atoms with Crippen LogP contribution in [0.1, 0.15) is 64.2 Å². The van der Waals surface area contributed by atoms with E-state index in [2.05, 4.69) is 22.0 Å². The van der Waals surface area contributed by atoms with Crippen molar-refractivity contribution in [3.63, 3.8) is 0 Å². The van der Waals surface area contributed by atoms with Gasteiger partial charge in [0.05, 0.1) is 12.5 Å². The van der Waals surface area contributed by atoms with Crippen LogP contribution in [-0.2, 0) is 9.53 Å². The molecule has 4 aliphatic carbocycles. The predicted octanol–water partition coefficient (Wildman–Crippen LogP) is 4.03. The normalized spacial score (nSPS) is 40.0. The lowest BCUT2D eigenvalue weighted by Crippen LogP contribution is -2.55. The van der Waals surface area contributed by atoms with Gasteiger partial charge in [0.2, 0.25) is 5.91 Å². The molecule has 4 saturated carbocycles. The van der Waals surface area contributed by atoms with Gasteiger partial charge in [-0.15, -0.1) is 0 Å². The van der Waals surface area contributed by atoms with Crippen LogP contribution in [0.4, 0.5) is 0 Å². The van der Waals surface area contributed by atoms with E-state index in [1.54, 1.807) is 0 Å². The molecule has 0 radical (unpaired) electrons. The number of halogens is 1. The highest BCUT2D eigenvalue weighted by Gasteiger charge is 2.57. The van der Waals surface area contributed by atoms with Crippen LogP contribution < -0.4 is 0 Å². The molecule has 2 atom stereocenters. The largest absolute Gasteiger partial charge is 0.381 e. The third kappa shape index (κ3) is 3.62. The molecule has 4 nitrogen and oxygen atoms in total. The summed E-state index contributed by atoms with van der Waals surface area (Å²) < 4.78 is 5.77. The molecule has 4 bridgehead atoms. The first-order valence-electron chi connectivity index (χ1n) is 9.94. The second kappa shape index (κ2) is 6.85. The number of nitriles is 1. The minimum atomic E-state index is 0.209. The van der Waals surface area contributed by atoms with Crippen LogP contribution >= 0.6 is 15.9 Å². The number of alkyl halides is 1. The van der Waals surface area contributed by atoms with Crippen LogP contribution in [0, 0.1) is 28.6 Å². The Morgan fingerprint density at radius 1 is 1.20 bits per heavy atom. The first-order chi connectivity index (χ1) is 12.0. The zero-order chi connectivity index (χ0) is 17.5. The van der Waals surface area contributed by atoms with Crippen molar-refractivity contribution >= 4 is 21.8 Å². The van der Waals surface area contributed by atoms with E-state index >= 15 is 0 Å². The van der Waals surface area contributed by atoms with E-state index in [1.807, 2.05) is 4.90 Å². The molecule has 1 saturated heterocycles. The minimum Gasteiger partial charge on any atom is -0.381 e. The number of carbonyl (C=O) groups excluding carboxylic acids is 1. The maximum Gasteiger partial charge on any atom is 0.223 e. The summed E-state index contributed by atoms with van der Waals surface area (Å²) in [4.78, 5) is 15.3. The van der Waals surface area contributed by atoms with Crippen molar-refractivity contribution < 1.29 is 9.53 Å². The minimum absolute atomic E-state index is 0.209. The second-order valence-corrected chi connectivity index (χ2v) is 10.8. The van der Waals surface area contributed by atoms with Gasteiger partial charge in [-0.3, -0.25) is 4.79 Å². The average molecular weight is 409 g/mol. The third-order valence-electron chi connectivity index (χ3n) is 7.05. The number of amides is 1. The quantitative estimate of drug-likeness (QED) is 0.645. The Morgan fingerprint density at radius 2 is 1.88 bits per heavy atom. The van der Waals surface area contributed by atoms with Gasteiger partial charge in [-0.1, -0.05) is 15.9 Å². The van der Waals surface area contributed by atoms with Crippen molar-refractivity contribution in [2.45, 2.75) is 74.6 Å². The molecule has 1 aliphatic heterocycles. The molecule has 138 valence electrons. The van der Waals surface area contributed by atoms with Crippen molar-refractivity contribution in [1.82, 2.24) is 4.90 Å². The number of hydrogen-bond donors (Lipinski definition) is 0. The van der Waals surface area contributed by atoms with Crippen molar-refractivity contribution in [3.05, 3.63) is 0 Å². The van der Waals surface area contributed by atoms with Crippen LogP contribution in [0.25, 0.3) is 0 Å². The summed E-state index contributed by atoms with van der Waals surface area (Å²) in [6.45, 7) is 2.06. The average Bonchev–Trinajstić information content (AvgIpc) is 2.53. The van der Waals surface area contributed by atoms with Gasteiger partial charge in [-0.25, -0.2) is 0 Å². The molecule has 0 spiro atoms. The Hall–Kier alpha value is -0.600. The van der Waals surface area contributed by atoms with E-state index < -0.39 is 0 Å². The Morgan fingerprint density at radius 3 is 2.48 bits per heavy atom. The van der Waals surface area contributed by atoms with E-state index in [1.165, 1.54) is 38.5 Å². The van der Waals surface area contributed by atoms with E-state index in [0.29, 0.717) is 29.6 Å². The van der Waals surface area contributed by atoms with Gasteiger partial charge in [0.15, 0.2) is 0 Å². The number of ether oxygens (including phenoxy) is 1. The molecule has 0 N–H and O–H groups in total. The Bertz CT molecular complexity index is 553. The SMILES string of the molecule is N#CCCN(C(=O)CC12CC3CC(CC(Br)(C3)C1)C2)C1CCOCC1. The maximum atomic E-state index is 13.3. The standard InChI is InChI=1S/C20H29BrN2O2/c21-20-11-15-8-16(12-20)10-19(9-15,14-20)13-18(24)23(5-1-4-22)17-2-6-25-7-3-17/h15-17H,1-3,5-14H2. The van der Waals surface area contributed by atoms with Crippen molar-refractivity contribution in [2.24, 2.45) is 17.3 Å². The fraction of sp³-hybridized carbons (Fsp3) is 0.900. The van der Waals surface area contributed by atoms with Crippen molar-refractivity contribution in [1.29, 1.82) is 5.26 Å². The summed E-state index contributed by atoms with van der Waals surface area (Å²) in [7, 11) is 0. The van der Waals surface area contributed by atoms with Gasteiger partial charge >= 0.3 is 0 Å². The van der Waals surface area contributed by atoms with Gasteiger partial charge in [-0.05, 0) is 68.6 Å². The Balaban J connectivity index is 1.48. The molecule has 5 heteroatoms. The lowest BCUT2D eigenvalue weighted by atomic mass is 9.48. The second-order valence-electron chi connectivity index (χ2n) is 9.13. The molecule has 5 fully saturated rings. The number of carbonyl (C=O) groups is 1. The third-order valence-corrected chi connectivity index (χ3v) is 7.98. The van der Waals surface area contributed by atoms with Crippen molar-refractivity contribution in [3.8, 4) is 6.07 Å². The van der Waals surface area contributed by atoms with Gasteiger partial charge < -0.3 is 9.64 Å². The highest BCUT2D eigenvalue weighted by molar-refractivity contribution is 9.10. The van der Waals surface area contributed by atoms with E-state index in [-0.39, 0.29) is 11.5 Å². The van der Waals surface area contributed by atoms with Gasteiger partial charge in [0.25, 0.3) is 0 Å². The molecule has 5 rings (SSSR count). The van der Waals surface area contributed by atoms with Crippen LogP contribution in [0.3, 0.4) is 0 Å². The highest BCUT2D eigenvalue weighted by atomic mass is 79.9. The maximum absolute atomic E-state index is 13.3. The summed E-state index contributed by atoms with van der Waals surface area (Å²) >= 11 is 4.05.